The van der Waals surface area contributed by atoms with E-state index in [9.17, 15) is 20.2 Å². The van der Waals surface area contributed by atoms with Crippen molar-refractivity contribution in [3.05, 3.63) is 33.4 Å². The van der Waals surface area contributed by atoms with E-state index in [0.717, 1.165) is 6.42 Å². The topological polar surface area (TPSA) is 96.0 Å². The van der Waals surface area contributed by atoms with E-state index in [1.165, 1.54) is 13.1 Å². The van der Waals surface area contributed by atoms with E-state index < -0.39 is 10.3 Å². The van der Waals surface area contributed by atoms with E-state index in [4.69, 9.17) is 0 Å². The van der Waals surface area contributed by atoms with Crippen LogP contribution in [0.1, 0.15) is 37.3 Å². The number of hydrogen-bond donors (Lipinski definition) is 1. The van der Waals surface area contributed by atoms with Crippen molar-refractivity contribution >= 4 is 17.2 Å². The zero-order chi connectivity index (χ0) is 14.9. The molecule has 1 aromatic rings. The quantitative estimate of drug-likeness (QED) is 0.674. The highest BCUT2D eigenvalue weighted by Gasteiger charge is 2.41. The van der Waals surface area contributed by atoms with Gasteiger partial charge >= 0.3 is 0 Å². The molecule has 1 aliphatic carbocycles. The van der Waals surface area contributed by atoms with Crippen molar-refractivity contribution < 1.29 is 9.72 Å². The zero-order valence-corrected chi connectivity index (χ0v) is 11.4. The molecule has 0 heterocycles. The number of nitriles is 1. The predicted molar refractivity (Wildman–Crippen MR) is 73.6 cm³/mol. The second kappa shape index (κ2) is 4.93. The molecular weight excluding hydrogens is 258 g/mol. The molecule has 0 aliphatic heterocycles. The van der Waals surface area contributed by atoms with E-state index in [1.54, 1.807) is 6.07 Å². The Bertz CT molecular complexity index is 633. The standard InChI is InChI=1S/C14H15N3O3/c1-14(7-3-4-12(14)18)10-5-6-11(17(19)20)13(16-2)9(10)8-15/h5-6,16H,3-4,7H2,1-2H3. The van der Waals surface area contributed by atoms with Crippen molar-refractivity contribution in [2.24, 2.45) is 0 Å². The summed E-state index contributed by atoms with van der Waals surface area (Å²) in [5, 5.41) is 23.1. The Morgan fingerprint density at radius 3 is 2.65 bits per heavy atom. The van der Waals surface area contributed by atoms with Crippen LogP contribution in [-0.4, -0.2) is 17.8 Å². The van der Waals surface area contributed by atoms with Gasteiger partial charge in [-0.15, -0.1) is 0 Å². The number of hydrogen-bond acceptors (Lipinski definition) is 5. The first-order valence-corrected chi connectivity index (χ1v) is 6.38. The van der Waals surface area contributed by atoms with Gasteiger partial charge in [-0.1, -0.05) is 0 Å². The van der Waals surface area contributed by atoms with Crippen LogP contribution in [0.3, 0.4) is 0 Å². The van der Waals surface area contributed by atoms with Gasteiger partial charge in [-0.05, 0) is 31.4 Å². The van der Waals surface area contributed by atoms with Crippen molar-refractivity contribution in [2.45, 2.75) is 31.6 Å². The molecule has 1 saturated carbocycles. The van der Waals surface area contributed by atoms with Crippen LogP contribution < -0.4 is 5.32 Å². The number of carbonyl (C=O) groups is 1. The molecule has 6 nitrogen and oxygen atoms in total. The van der Waals surface area contributed by atoms with Gasteiger partial charge in [0.2, 0.25) is 0 Å². The van der Waals surface area contributed by atoms with Gasteiger partial charge in [-0.3, -0.25) is 14.9 Å². The highest BCUT2D eigenvalue weighted by atomic mass is 16.6. The maximum atomic E-state index is 12.1. The summed E-state index contributed by atoms with van der Waals surface area (Å²) in [4.78, 5) is 22.6. The number of nitrogens with zero attached hydrogens (tertiary/aromatic N) is 2. The van der Waals surface area contributed by atoms with Gasteiger partial charge in [0.05, 0.1) is 15.9 Å². The van der Waals surface area contributed by atoms with Gasteiger partial charge in [0.15, 0.2) is 0 Å². The molecule has 1 atom stereocenters. The van der Waals surface area contributed by atoms with E-state index in [0.29, 0.717) is 18.4 Å². The van der Waals surface area contributed by atoms with Crippen LogP contribution in [0.15, 0.2) is 12.1 Å². The molecule has 1 aromatic carbocycles. The van der Waals surface area contributed by atoms with E-state index in [2.05, 4.69) is 5.32 Å². The summed E-state index contributed by atoms with van der Waals surface area (Å²) in [5.41, 5.74) is 0.0841. The molecule has 104 valence electrons. The number of Topliss-reactive ketones (excluding diaryl/α,β-unsaturated/α-hetero) is 1. The van der Waals surface area contributed by atoms with Gasteiger partial charge < -0.3 is 5.32 Å². The molecule has 0 radical (unpaired) electrons. The molecule has 1 unspecified atom stereocenters. The summed E-state index contributed by atoms with van der Waals surface area (Å²) in [5.74, 6) is 0.0879. The molecule has 0 aromatic heterocycles. The molecule has 1 fully saturated rings. The molecule has 1 N–H and O–H groups in total. The maximum Gasteiger partial charge on any atom is 0.293 e. The second-order valence-electron chi connectivity index (χ2n) is 5.11. The molecule has 0 amide bonds. The van der Waals surface area contributed by atoms with Crippen molar-refractivity contribution in [3.63, 3.8) is 0 Å². The van der Waals surface area contributed by atoms with E-state index >= 15 is 0 Å². The van der Waals surface area contributed by atoms with Gasteiger partial charge in [0, 0.05) is 19.5 Å². The van der Waals surface area contributed by atoms with Crippen LogP contribution in [0.4, 0.5) is 11.4 Å². The van der Waals surface area contributed by atoms with Crippen LogP contribution in [0.2, 0.25) is 0 Å². The minimum Gasteiger partial charge on any atom is -0.381 e. The number of nitrogens with one attached hydrogen (secondary N) is 1. The van der Waals surface area contributed by atoms with Gasteiger partial charge in [-0.25, -0.2) is 0 Å². The van der Waals surface area contributed by atoms with Crippen LogP contribution in [-0.2, 0) is 10.2 Å². The third-order valence-corrected chi connectivity index (χ3v) is 4.03. The molecule has 20 heavy (non-hydrogen) atoms. The molecule has 2 rings (SSSR count). The molecular formula is C14H15N3O3. The number of carbonyl (C=O) groups excluding carboxylic acids is 1. The van der Waals surface area contributed by atoms with Crippen LogP contribution in [0, 0.1) is 21.4 Å². The number of rotatable bonds is 3. The summed E-state index contributed by atoms with van der Waals surface area (Å²) in [7, 11) is 1.53. The fourth-order valence-electron chi connectivity index (χ4n) is 2.88. The van der Waals surface area contributed by atoms with Gasteiger partial charge in [0.1, 0.15) is 17.5 Å². The summed E-state index contributed by atoms with van der Waals surface area (Å²) >= 11 is 0. The summed E-state index contributed by atoms with van der Waals surface area (Å²) in [6.45, 7) is 1.81. The highest BCUT2D eigenvalue weighted by molar-refractivity contribution is 5.93. The third-order valence-electron chi connectivity index (χ3n) is 4.03. The van der Waals surface area contributed by atoms with Gasteiger partial charge in [-0.2, -0.15) is 5.26 Å². The minimum atomic E-state index is -0.716. The minimum absolute atomic E-state index is 0.0879. The Labute approximate surface area is 116 Å². The van der Waals surface area contributed by atoms with Crippen molar-refractivity contribution in [1.82, 2.24) is 0 Å². The van der Waals surface area contributed by atoms with E-state index in [1.807, 2.05) is 13.0 Å². The normalized spacial score (nSPS) is 21.6. The van der Waals surface area contributed by atoms with Crippen LogP contribution in [0.25, 0.3) is 0 Å². The monoisotopic (exact) mass is 273 g/mol. The summed E-state index contributed by atoms with van der Waals surface area (Å²) in [6, 6.07) is 4.92. The second-order valence-corrected chi connectivity index (χ2v) is 5.11. The third kappa shape index (κ3) is 1.92. The number of benzene rings is 1. The predicted octanol–water partition coefficient (Wildman–Crippen LogP) is 2.52. The van der Waals surface area contributed by atoms with E-state index in [-0.39, 0.29) is 22.7 Å². The van der Waals surface area contributed by atoms with Crippen LogP contribution in [0.5, 0.6) is 0 Å². The summed E-state index contributed by atoms with van der Waals surface area (Å²) < 4.78 is 0. The number of nitro benzene ring substituents is 1. The molecule has 0 saturated heterocycles. The zero-order valence-electron chi connectivity index (χ0n) is 11.4. The number of nitro groups is 1. The van der Waals surface area contributed by atoms with Gasteiger partial charge in [0.25, 0.3) is 5.69 Å². The Hall–Kier alpha value is -2.42. The van der Waals surface area contributed by atoms with Crippen LogP contribution >= 0.6 is 0 Å². The molecule has 0 bridgehead atoms. The SMILES string of the molecule is CNc1c([N+](=O)[O-])ccc(C2(C)CCCC2=O)c1C#N. The Morgan fingerprint density at radius 1 is 1.50 bits per heavy atom. The number of ketones is 1. The number of anilines is 1. The largest absolute Gasteiger partial charge is 0.381 e. The lowest BCUT2D eigenvalue weighted by atomic mass is 9.77. The van der Waals surface area contributed by atoms with Crippen molar-refractivity contribution in [1.29, 1.82) is 5.26 Å². The first-order chi connectivity index (χ1) is 9.45. The lowest BCUT2D eigenvalue weighted by molar-refractivity contribution is -0.384. The Balaban J connectivity index is 2.71. The Kier molecular flexibility index (Phi) is 3.45. The highest BCUT2D eigenvalue weighted by Crippen LogP contribution is 2.43. The fraction of sp³-hybridized carbons (Fsp3) is 0.429. The lowest BCUT2D eigenvalue weighted by Gasteiger charge is -2.24. The van der Waals surface area contributed by atoms with Crippen molar-refractivity contribution in [2.75, 3.05) is 12.4 Å². The molecule has 6 heteroatoms. The fourth-order valence-corrected chi connectivity index (χ4v) is 2.88. The average Bonchev–Trinajstić information content (AvgIpc) is 2.77. The first kappa shape index (κ1) is 14.0. The molecule has 1 aliphatic rings. The summed E-state index contributed by atoms with van der Waals surface area (Å²) in [6.07, 6.45) is 1.95. The molecule has 0 spiro atoms. The smallest absolute Gasteiger partial charge is 0.293 e. The van der Waals surface area contributed by atoms with Crippen molar-refractivity contribution in [3.8, 4) is 6.07 Å². The average molecular weight is 273 g/mol. The first-order valence-electron chi connectivity index (χ1n) is 6.38. The lowest BCUT2D eigenvalue weighted by Crippen LogP contribution is -2.28. The Morgan fingerprint density at radius 2 is 2.20 bits per heavy atom. The maximum absolute atomic E-state index is 12.1.